The molecule has 0 amide bonds. The van der Waals surface area contributed by atoms with E-state index < -0.39 is 10.0 Å². The van der Waals surface area contributed by atoms with Crippen molar-refractivity contribution >= 4 is 37.1 Å². The van der Waals surface area contributed by atoms with Gasteiger partial charge in [-0.2, -0.15) is 5.10 Å². The van der Waals surface area contributed by atoms with Crippen LogP contribution in [0.3, 0.4) is 0 Å². The standard InChI is InChI=1S/C16H12N4O2S2/c21-24(22,15-9-12-3-1-2-4-14(12)23-15)20-13-7-5-11(6-8-13)16-17-10-18-19-16/h1-10,20H,(H,17,18,19). The van der Waals surface area contributed by atoms with E-state index in [1.54, 1.807) is 30.3 Å². The van der Waals surface area contributed by atoms with Crippen molar-refractivity contribution in [3.8, 4) is 11.4 Å². The highest BCUT2D eigenvalue weighted by Gasteiger charge is 2.17. The molecule has 2 N–H and O–H groups in total. The van der Waals surface area contributed by atoms with E-state index in [0.717, 1.165) is 15.6 Å². The molecular weight excluding hydrogens is 344 g/mol. The van der Waals surface area contributed by atoms with Crippen molar-refractivity contribution in [3.63, 3.8) is 0 Å². The Balaban J connectivity index is 1.61. The first-order valence-electron chi connectivity index (χ1n) is 7.09. The van der Waals surface area contributed by atoms with Gasteiger partial charge in [-0.3, -0.25) is 9.82 Å². The van der Waals surface area contributed by atoms with Gasteiger partial charge in [0.2, 0.25) is 0 Å². The monoisotopic (exact) mass is 356 g/mol. The molecule has 8 heteroatoms. The predicted molar refractivity (Wildman–Crippen MR) is 94.5 cm³/mol. The van der Waals surface area contributed by atoms with Crippen LogP contribution < -0.4 is 4.72 Å². The average Bonchev–Trinajstić information content (AvgIpc) is 3.25. The summed E-state index contributed by atoms with van der Waals surface area (Å²) >= 11 is 1.25. The predicted octanol–water partition coefficient (Wildman–Crippen LogP) is 3.49. The second-order valence-electron chi connectivity index (χ2n) is 5.12. The molecule has 0 saturated heterocycles. The molecule has 0 saturated carbocycles. The van der Waals surface area contributed by atoms with E-state index in [9.17, 15) is 8.42 Å². The van der Waals surface area contributed by atoms with Crippen molar-refractivity contribution in [2.45, 2.75) is 4.21 Å². The van der Waals surface area contributed by atoms with Crippen LogP contribution in [0.1, 0.15) is 0 Å². The van der Waals surface area contributed by atoms with E-state index in [4.69, 9.17) is 0 Å². The highest BCUT2D eigenvalue weighted by Crippen LogP contribution is 2.30. The molecule has 2 aromatic carbocycles. The lowest BCUT2D eigenvalue weighted by atomic mass is 10.2. The number of H-pyrrole nitrogens is 1. The summed E-state index contributed by atoms with van der Waals surface area (Å²) in [6.45, 7) is 0. The van der Waals surface area contributed by atoms with Gasteiger partial charge in [0.25, 0.3) is 10.0 Å². The van der Waals surface area contributed by atoms with Crippen LogP contribution in [0.5, 0.6) is 0 Å². The van der Waals surface area contributed by atoms with Crippen LogP contribution in [0, 0.1) is 0 Å². The lowest BCUT2D eigenvalue weighted by Crippen LogP contribution is -2.11. The summed E-state index contributed by atoms with van der Waals surface area (Å²) in [6.07, 6.45) is 1.42. The number of aromatic nitrogens is 3. The van der Waals surface area contributed by atoms with Gasteiger partial charge in [0, 0.05) is 16.0 Å². The number of hydrogen-bond acceptors (Lipinski definition) is 5. The molecule has 2 aromatic heterocycles. The fourth-order valence-electron chi connectivity index (χ4n) is 2.34. The van der Waals surface area contributed by atoms with Crippen molar-refractivity contribution in [1.82, 2.24) is 15.2 Å². The number of nitrogens with zero attached hydrogens (tertiary/aromatic N) is 2. The van der Waals surface area contributed by atoms with E-state index in [-0.39, 0.29) is 0 Å². The average molecular weight is 356 g/mol. The van der Waals surface area contributed by atoms with Gasteiger partial charge < -0.3 is 0 Å². The normalized spacial score (nSPS) is 11.7. The number of anilines is 1. The van der Waals surface area contributed by atoms with E-state index >= 15 is 0 Å². The zero-order valence-corrected chi connectivity index (χ0v) is 13.9. The number of fused-ring (bicyclic) bond motifs is 1. The topological polar surface area (TPSA) is 87.7 Å². The minimum Gasteiger partial charge on any atom is -0.279 e. The van der Waals surface area contributed by atoms with Gasteiger partial charge in [0.15, 0.2) is 5.82 Å². The maximum absolute atomic E-state index is 12.6. The molecule has 0 aliphatic heterocycles. The smallest absolute Gasteiger partial charge is 0.271 e. The lowest BCUT2D eigenvalue weighted by Gasteiger charge is -2.06. The Kier molecular flexibility index (Phi) is 3.55. The molecule has 6 nitrogen and oxygen atoms in total. The third-order valence-corrected chi connectivity index (χ3v) is 6.46. The number of thiophene rings is 1. The molecule has 24 heavy (non-hydrogen) atoms. The van der Waals surface area contributed by atoms with Crippen LogP contribution in [0.25, 0.3) is 21.5 Å². The van der Waals surface area contributed by atoms with Crippen LogP contribution in [0.2, 0.25) is 0 Å². The minimum absolute atomic E-state index is 0.294. The Labute approximate surface area is 142 Å². The van der Waals surface area contributed by atoms with Crippen LogP contribution in [0.4, 0.5) is 5.69 Å². The molecular formula is C16H12N4O2S2. The molecule has 0 fully saturated rings. The van der Waals surface area contributed by atoms with Gasteiger partial charge in [0.1, 0.15) is 10.5 Å². The van der Waals surface area contributed by atoms with E-state index in [1.807, 2.05) is 24.3 Å². The third-order valence-electron chi connectivity index (χ3n) is 3.49. The van der Waals surface area contributed by atoms with E-state index in [0.29, 0.717) is 15.7 Å². The largest absolute Gasteiger partial charge is 0.279 e. The molecule has 0 radical (unpaired) electrons. The van der Waals surface area contributed by atoms with Crippen molar-refractivity contribution in [2.75, 3.05) is 4.72 Å². The van der Waals surface area contributed by atoms with Crippen LogP contribution in [-0.2, 0) is 10.0 Å². The number of nitrogens with one attached hydrogen (secondary N) is 2. The maximum Gasteiger partial charge on any atom is 0.271 e. The number of benzene rings is 2. The lowest BCUT2D eigenvalue weighted by molar-refractivity contribution is 0.603. The van der Waals surface area contributed by atoms with Crippen LogP contribution in [-0.4, -0.2) is 23.6 Å². The fraction of sp³-hybridized carbons (Fsp3) is 0. The highest BCUT2D eigenvalue weighted by molar-refractivity contribution is 7.94. The number of aromatic amines is 1. The molecule has 4 rings (SSSR count). The minimum atomic E-state index is -3.61. The maximum atomic E-state index is 12.6. The van der Waals surface area contributed by atoms with Crippen molar-refractivity contribution < 1.29 is 8.42 Å². The van der Waals surface area contributed by atoms with Gasteiger partial charge in [0.05, 0.1) is 0 Å². The first-order chi connectivity index (χ1) is 11.6. The Bertz CT molecular complexity index is 1050. The molecule has 0 atom stereocenters. The molecule has 4 aromatic rings. The van der Waals surface area contributed by atoms with Gasteiger partial charge in [-0.05, 0) is 41.8 Å². The number of rotatable bonds is 4. The highest BCUT2D eigenvalue weighted by atomic mass is 32.2. The van der Waals surface area contributed by atoms with Crippen molar-refractivity contribution in [1.29, 1.82) is 0 Å². The molecule has 0 aliphatic carbocycles. The van der Waals surface area contributed by atoms with Gasteiger partial charge >= 0.3 is 0 Å². The summed E-state index contributed by atoms with van der Waals surface area (Å²) in [5, 5.41) is 7.48. The van der Waals surface area contributed by atoms with E-state index in [2.05, 4.69) is 19.9 Å². The quantitative estimate of drug-likeness (QED) is 0.586. The summed E-state index contributed by atoms with van der Waals surface area (Å²) in [7, 11) is -3.61. The Morgan fingerprint density at radius 3 is 2.54 bits per heavy atom. The van der Waals surface area contributed by atoms with Gasteiger partial charge in [-0.25, -0.2) is 13.4 Å². The number of sulfonamides is 1. The first-order valence-corrected chi connectivity index (χ1v) is 9.39. The summed E-state index contributed by atoms with van der Waals surface area (Å²) in [6, 6.07) is 16.2. The Morgan fingerprint density at radius 2 is 1.83 bits per heavy atom. The second kappa shape index (κ2) is 5.73. The van der Waals surface area contributed by atoms with Gasteiger partial charge in [-0.15, -0.1) is 11.3 Å². The molecule has 2 heterocycles. The SMILES string of the molecule is O=S(=O)(Nc1ccc(-c2ncn[nH]2)cc1)c1cc2ccccc2s1. The fourth-order valence-corrected chi connectivity index (χ4v) is 4.79. The molecule has 0 unspecified atom stereocenters. The Morgan fingerprint density at radius 1 is 1.04 bits per heavy atom. The Hall–Kier alpha value is -2.71. The first kappa shape index (κ1) is 14.9. The zero-order chi connectivity index (χ0) is 16.6. The summed E-state index contributed by atoms with van der Waals surface area (Å²) in [5.74, 6) is 0.633. The molecule has 0 bridgehead atoms. The third kappa shape index (κ3) is 2.77. The number of hydrogen-bond donors (Lipinski definition) is 2. The van der Waals surface area contributed by atoms with Crippen molar-refractivity contribution in [2.24, 2.45) is 0 Å². The van der Waals surface area contributed by atoms with Crippen LogP contribution >= 0.6 is 11.3 Å². The second-order valence-corrected chi connectivity index (χ2v) is 8.11. The van der Waals surface area contributed by atoms with Crippen LogP contribution in [0.15, 0.2) is 65.1 Å². The summed E-state index contributed by atoms with van der Waals surface area (Å²) in [4.78, 5) is 4.06. The summed E-state index contributed by atoms with van der Waals surface area (Å²) in [5.41, 5.74) is 1.33. The zero-order valence-electron chi connectivity index (χ0n) is 12.3. The van der Waals surface area contributed by atoms with E-state index in [1.165, 1.54) is 17.7 Å². The molecule has 0 spiro atoms. The van der Waals surface area contributed by atoms with Gasteiger partial charge in [-0.1, -0.05) is 18.2 Å². The molecule has 0 aliphatic rings. The molecule has 120 valence electrons. The van der Waals surface area contributed by atoms with Crippen molar-refractivity contribution in [3.05, 3.63) is 60.9 Å². The summed E-state index contributed by atoms with van der Waals surface area (Å²) < 4.78 is 29.0.